The maximum Gasteiger partial charge on any atom is 0.202 e. The fourth-order valence-corrected chi connectivity index (χ4v) is 6.33. The summed E-state index contributed by atoms with van der Waals surface area (Å²) < 4.78 is 12.9. The van der Waals surface area contributed by atoms with E-state index in [9.17, 15) is 0 Å². The first-order valence-corrected chi connectivity index (χ1v) is 13.8. The SMILES string of the molecule is CCC1CC[NH+](Cc2cnc(C(c3ccccc3)C3CCCCC3)o2)CC1Oc1cccc(Cl)c1. The van der Waals surface area contributed by atoms with E-state index in [1.165, 1.54) is 42.6 Å². The summed E-state index contributed by atoms with van der Waals surface area (Å²) in [6.07, 6.45) is 10.9. The van der Waals surface area contributed by atoms with Crippen molar-refractivity contribution in [2.75, 3.05) is 13.1 Å². The fraction of sp³-hybridized carbons (Fsp3) is 0.500. The molecule has 2 aromatic carbocycles. The lowest BCUT2D eigenvalue weighted by molar-refractivity contribution is -0.923. The van der Waals surface area contributed by atoms with Crippen LogP contribution in [0.5, 0.6) is 5.75 Å². The average Bonchev–Trinajstić information content (AvgIpc) is 3.33. The summed E-state index contributed by atoms with van der Waals surface area (Å²) in [5, 5.41) is 0.718. The topological polar surface area (TPSA) is 39.7 Å². The monoisotopic (exact) mass is 493 g/mol. The van der Waals surface area contributed by atoms with E-state index in [1.54, 1.807) is 0 Å². The van der Waals surface area contributed by atoms with E-state index >= 15 is 0 Å². The van der Waals surface area contributed by atoms with Crippen molar-refractivity contribution in [3.05, 3.63) is 83.0 Å². The lowest BCUT2D eigenvalue weighted by atomic mass is 9.77. The van der Waals surface area contributed by atoms with Crippen LogP contribution in [0.3, 0.4) is 0 Å². The summed E-state index contributed by atoms with van der Waals surface area (Å²) in [5.41, 5.74) is 1.33. The van der Waals surface area contributed by atoms with Crippen LogP contribution in [0, 0.1) is 11.8 Å². The molecule has 5 heteroatoms. The second-order valence-corrected chi connectivity index (χ2v) is 10.8. The molecule has 1 aliphatic heterocycles. The Kier molecular flexibility index (Phi) is 8.10. The van der Waals surface area contributed by atoms with Crippen LogP contribution in [0.2, 0.25) is 5.02 Å². The second kappa shape index (κ2) is 11.6. The van der Waals surface area contributed by atoms with Gasteiger partial charge in [0.1, 0.15) is 18.8 Å². The van der Waals surface area contributed by atoms with E-state index in [0.29, 0.717) is 11.8 Å². The minimum Gasteiger partial charge on any atom is -0.484 e. The molecule has 5 rings (SSSR count). The van der Waals surface area contributed by atoms with E-state index in [-0.39, 0.29) is 12.0 Å². The zero-order valence-corrected chi connectivity index (χ0v) is 21.6. The molecule has 0 radical (unpaired) electrons. The molecule has 2 fully saturated rings. The summed E-state index contributed by atoms with van der Waals surface area (Å²) in [4.78, 5) is 6.33. The van der Waals surface area contributed by atoms with Gasteiger partial charge in [0.15, 0.2) is 11.9 Å². The molecule has 2 heterocycles. The van der Waals surface area contributed by atoms with Gasteiger partial charge in [-0.05, 0) is 48.9 Å². The predicted molar refractivity (Wildman–Crippen MR) is 140 cm³/mol. The number of oxazole rings is 1. The van der Waals surface area contributed by atoms with Gasteiger partial charge in [-0.15, -0.1) is 0 Å². The van der Waals surface area contributed by atoms with Gasteiger partial charge in [0.25, 0.3) is 0 Å². The number of ether oxygens (including phenoxy) is 1. The van der Waals surface area contributed by atoms with Crippen molar-refractivity contribution in [3.63, 3.8) is 0 Å². The van der Waals surface area contributed by atoms with Gasteiger partial charge in [-0.2, -0.15) is 0 Å². The van der Waals surface area contributed by atoms with Crippen LogP contribution in [-0.2, 0) is 6.54 Å². The van der Waals surface area contributed by atoms with E-state index < -0.39 is 0 Å². The second-order valence-electron chi connectivity index (χ2n) is 10.4. The molecule has 1 saturated carbocycles. The molecule has 4 atom stereocenters. The number of halogens is 1. The maximum atomic E-state index is 6.49. The molecule has 3 aromatic rings. The Morgan fingerprint density at radius 1 is 1.06 bits per heavy atom. The number of nitrogens with zero attached hydrogens (tertiary/aromatic N) is 1. The van der Waals surface area contributed by atoms with Crippen LogP contribution < -0.4 is 9.64 Å². The largest absolute Gasteiger partial charge is 0.484 e. The quantitative estimate of drug-likeness (QED) is 0.400. The Morgan fingerprint density at radius 3 is 2.66 bits per heavy atom. The van der Waals surface area contributed by atoms with Crippen LogP contribution in [0.25, 0.3) is 0 Å². The molecular formula is C30H38ClN2O2+. The van der Waals surface area contributed by atoms with Crippen molar-refractivity contribution in [2.45, 2.75) is 70.4 Å². The van der Waals surface area contributed by atoms with Crippen LogP contribution in [0.1, 0.15) is 75.0 Å². The van der Waals surface area contributed by atoms with Gasteiger partial charge in [-0.25, -0.2) is 4.98 Å². The lowest BCUT2D eigenvalue weighted by Crippen LogP contribution is -3.13. The van der Waals surface area contributed by atoms with E-state index in [1.807, 2.05) is 30.5 Å². The van der Waals surface area contributed by atoms with Crippen LogP contribution in [0.4, 0.5) is 0 Å². The highest BCUT2D eigenvalue weighted by Gasteiger charge is 2.34. The van der Waals surface area contributed by atoms with Gasteiger partial charge in [0.05, 0.1) is 18.7 Å². The molecule has 4 unspecified atom stereocenters. The first kappa shape index (κ1) is 24.4. The van der Waals surface area contributed by atoms with Gasteiger partial charge in [-0.1, -0.05) is 74.2 Å². The molecule has 0 amide bonds. The van der Waals surface area contributed by atoms with Crippen LogP contribution in [0.15, 0.2) is 65.2 Å². The summed E-state index contributed by atoms with van der Waals surface area (Å²) in [6, 6.07) is 18.6. The Bertz CT molecular complexity index is 1060. The fourth-order valence-electron chi connectivity index (χ4n) is 6.15. The number of aromatic nitrogens is 1. The number of hydrogen-bond donors (Lipinski definition) is 1. The third-order valence-corrected chi connectivity index (χ3v) is 8.27. The molecule has 2 aliphatic rings. The molecule has 1 N–H and O–H groups in total. The van der Waals surface area contributed by atoms with Crippen LogP contribution in [-0.4, -0.2) is 24.2 Å². The molecule has 0 spiro atoms. The Morgan fingerprint density at radius 2 is 1.89 bits per heavy atom. The highest BCUT2D eigenvalue weighted by Crippen LogP contribution is 2.40. The normalized spacial score (nSPS) is 24.2. The van der Waals surface area contributed by atoms with E-state index in [0.717, 1.165) is 54.9 Å². The number of nitrogens with one attached hydrogen (secondary N) is 1. The lowest BCUT2D eigenvalue weighted by Gasteiger charge is -2.35. The van der Waals surface area contributed by atoms with Gasteiger partial charge in [-0.3, -0.25) is 0 Å². The zero-order valence-electron chi connectivity index (χ0n) is 20.8. The Labute approximate surface area is 214 Å². The first-order valence-electron chi connectivity index (χ1n) is 13.4. The summed E-state index contributed by atoms with van der Waals surface area (Å²) in [5.74, 6) is 4.18. The number of rotatable bonds is 8. The summed E-state index contributed by atoms with van der Waals surface area (Å²) >= 11 is 6.19. The highest BCUT2D eigenvalue weighted by atomic mass is 35.5. The van der Waals surface area contributed by atoms with Gasteiger partial charge < -0.3 is 14.1 Å². The maximum absolute atomic E-state index is 6.49. The Balaban J connectivity index is 1.29. The summed E-state index contributed by atoms with van der Waals surface area (Å²) in [6.45, 7) is 5.22. The number of likely N-dealkylation sites (tertiary alicyclic amines) is 1. The van der Waals surface area contributed by atoms with Crippen molar-refractivity contribution in [3.8, 4) is 5.75 Å². The van der Waals surface area contributed by atoms with Crippen molar-refractivity contribution in [2.24, 2.45) is 11.8 Å². The molecule has 35 heavy (non-hydrogen) atoms. The summed E-state index contributed by atoms with van der Waals surface area (Å²) in [7, 11) is 0. The smallest absolute Gasteiger partial charge is 0.202 e. The zero-order chi connectivity index (χ0) is 24.0. The molecule has 1 aliphatic carbocycles. The standard InChI is InChI=1S/C30H37ClN2O2/c1-2-22-16-17-33(21-28(22)34-26-15-9-14-25(31)18-26)20-27-19-32-30(35-27)29(23-10-5-3-6-11-23)24-12-7-4-8-13-24/h3,5-6,9-11,14-15,18-19,22,24,28-29H,2,4,7-8,12-13,16-17,20-21H2,1H3/p+1. The van der Waals surface area contributed by atoms with E-state index in [4.69, 9.17) is 25.7 Å². The number of piperidine rings is 1. The Hall–Kier alpha value is -2.30. The molecule has 4 nitrogen and oxygen atoms in total. The first-order chi connectivity index (χ1) is 17.2. The number of hydrogen-bond acceptors (Lipinski definition) is 3. The molecule has 0 bridgehead atoms. The van der Waals surface area contributed by atoms with E-state index in [2.05, 4.69) is 37.3 Å². The third-order valence-electron chi connectivity index (χ3n) is 8.03. The van der Waals surface area contributed by atoms with Crippen LogP contribution >= 0.6 is 11.6 Å². The van der Waals surface area contributed by atoms with Crippen molar-refractivity contribution in [1.29, 1.82) is 0 Å². The van der Waals surface area contributed by atoms with Gasteiger partial charge in [0, 0.05) is 17.4 Å². The molecule has 186 valence electrons. The number of quaternary nitrogens is 1. The van der Waals surface area contributed by atoms with Crippen molar-refractivity contribution < 1.29 is 14.1 Å². The highest BCUT2D eigenvalue weighted by molar-refractivity contribution is 6.30. The van der Waals surface area contributed by atoms with Crippen molar-refractivity contribution >= 4 is 11.6 Å². The average molecular weight is 494 g/mol. The minimum absolute atomic E-state index is 0.184. The third kappa shape index (κ3) is 6.10. The van der Waals surface area contributed by atoms with Crippen molar-refractivity contribution in [1.82, 2.24) is 4.98 Å². The molecule has 1 saturated heterocycles. The molecule has 1 aromatic heterocycles. The number of benzene rings is 2. The molecular weight excluding hydrogens is 456 g/mol. The minimum atomic E-state index is 0.184. The van der Waals surface area contributed by atoms with Gasteiger partial charge >= 0.3 is 0 Å². The predicted octanol–water partition coefficient (Wildman–Crippen LogP) is 6.30. The van der Waals surface area contributed by atoms with Gasteiger partial charge in [0.2, 0.25) is 5.89 Å².